The van der Waals surface area contributed by atoms with Gasteiger partial charge in [-0.3, -0.25) is 4.79 Å². The summed E-state index contributed by atoms with van der Waals surface area (Å²) in [6, 6.07) is 0. The minimum atomic E-state index is -0.507. The van der Waals surface area contributed by atoms with E-state index in [1.54, 1.807) is 17.6 Å². The lowest BCUT2D eigenvalue weighted by molar-refractivity contribution is -0.115. The number of hydrogen-bond acceptors (Lipinski definition) is 5. The Hall–Kier alpha value is -1.18. The first-order valence-corrected chi connectivity index (χ1v) is 7.68. The van der Waals surface area contributed by atoms with Crippen LogP contribution >= 0.6 is 35.2 Å². The molecule has 0 aliphatic heterocycles. The molecule has 110 valence electrons. The van der Waals surface area contributed by atoms with E-state index in [0.717, 1.165) is 11.3 Å². The SMILES string of the molecule is C=CCn1c(NC(=O)CCCl)c(C(=O)OCC)sc1=S. The highest BCUT2D eigenvalue weighted by Gasteiger charge is 2.21. The van der Waals surface area contributed by atoms with Crippen LogP contribution in [0.5, 0.6) is 0 Å². The number of amides is 1. The molecule has 0 unspecified atom stereocenters. The number of carbonyl (C=O) groups excluding carboxylic acids is 2. The summed E-state index contributed by atoms with van der Waals surface area (Å²) in [6.45, 7) is 5.99. The average molecular weight is 335 g/mol. The number of rotatable bonds is 7. The quantitative estimate of drug-likeness (QED) is 0.360. The van der Waals surface area contributed by atoms with Crippen LogP contribution in [0.1, 0.15) is 23.0 Å². The molecule has 0 saturated heterocycles. The second-order valence-corrected chi connectivity index (χ2v) is 5.67. The number of carbonyl (C=O) groups is 2. The van der Waals surface area contributed by atoms with Gasteiger partial charge in [-0.25, -0.2) is 4.79 Å². The molecule has 5 nitrogen and oxygen atoms in total. The van der Waals surface area contributed by atoms with Crippen LogP contribution in [-0.2, 0) is 16.1 Å². The molecule has 20 heavy (non-hydrogen) atoms. The highest BCUT2D eigenvalue weighted by Crippen LogP contribution is 2.26. The maximum Gasteiger partial charge on any atom is 0.352 e. The first kappa shape index (κ1) is 16.9. The lowest BCUT2D eigenvalue weighted by atomic mass is 10.4. The zero-order valence-corrected chi connectivity index (χ0v) is 13.4. The van der Waals surface area contributed by atoms with Crippen LogP contribution in [-0.4, -0.2) is 28.9 Å². The van der Waals surface area contributed by atoms with Crippen molar-refractivity contribution in [3.63, 3.8) is 0 Å². The molecule has 0 spiro atoms. The van der Waals surface area contributed by atoms with E-state index < -0.39 is 5.97 Å². The zero-order valence-electron chi connectivity index (χ0n) is 11.0. The third-order valence-electron chi connectivity index (χ3n) is 2.25. The van der Waals surface area contributed by atoms with Gasteiger partial charge in [-0.2, -0.15) is 0 Å². The van der Waals surface area contributed by atoms with Gasteiger partial charge in [0.25, 0.3) is 0 Å². The van der Waals surface area contributed by atoms with E-state index in [4.69, 9.17) is 28.6 Å². The fourth-order valence-electron chi connectivity index (χ4n) is 1.44. The summed E-state index contributed by atoms with van der Waals surface area (Å²) < 4.78 is 7.06. The lowest BCUT2D eigenvalue weighted by Crippen LogP contribution is -2.18. The molecule has 1 N–H and O–H groups in total. The van der Waals surface area contributed by atoms with Crippen molar-refractivity contribution < 1.29 is 14.3 Å². The number of allylic oxidation sites excluding steroid dienone is 1. The van der Waals surface area contributed by atoms with Gasteiger partial charge >= 0.3 is 5.97 Å². The molecular formula is C12H15ClN2O3S2. The van der Waals surface area contributed by atoms with Crippen molar-refractivity contribution in [2.24, 2.45) is 0 Å². The van der Waals surface area contributed by atoms with Gasteiger partial charge < -0.3 is 14.6 Å². The number of thiazole rings is 1. The highest BCUT2D eigenvalue weighted by molar-refractivity contribution is 7.73. The summed E-state index contributed by atoms with van der Waals surface area (Å²) in [5.74, 6) is -0.246. The van der Waals surface area contributed by atoms with Crippen molar-refractivity contribution >= 4 is 52.8 Å². The maximum absolute atomic E-state index is 11.9. The van der Waals surface area contributed by atoms with E-state index in [9.17, 15) is 9.59 Å². The molecule has 1 amide bonds. The summed E-state index contributed by atoms with van der Waals surface area (Å²) in [5, 5.41) is 2.66. The monoisotopic (exact) mass is 334 g/mol. The predicted molar refractivity (Wildman–Crippen MR) is 83.3 cm³/mol. The van der Waals surface area contributed by atoms with E-state index in [2.05, 4.69) is 11.9 Å². The molecular weight excluding hydrogens is 320 g/mol. The van der Waals surface area contributed by atoms with E-state index >= 15 is 0 Å². The molecule has 1 heterocycles. The Kier molecular flexibility index (Phi) is 6.90. The summed E-state index contributed by atoms with van der Waals surface area (Å²) >= 11 is 11.8. The standard InChI is InChI=1S/C12H15ClN2O3S2/c1-3-7-15-10(14-8(16)5-6-13)9(20-12(15)19)11(17)18-4-2/h3H,1,4-7H2,2H3,(H,14,16). The first-order valence-electron chi connectivity index (χ1n) is 5.92. The van der Waals surface area contributed by atoms with Crippen LogP contribution in [0, 0.1) is 3.95 Å². The summed E-state index contributed by atoms with van der Waals surface area (Å²) in [4.78, 5) is 23.9. The molecule has 0 radical (unpaired) electrons. The van der Waals surface area contributed by atoms with Crippen LogP contribution in [0.15, 0.2) is 12.7 Å². The Morgan fingerprint density at radius 3 is 2.85 bits per heavy atom. The van der Waals surface area contributed by atoms with Crippen molar-refractivity contribution in [1.29, 1.82) is 0 Å². The minimum Gasteiger partial charge on any atom is -0.462 e. The van der Waals surface area contributed by atoms with Gasteiger partial charge in [0.15, 0.2) is 8.83 Å². The van der Waals surface area contributed by atoms with Gasteiger partial charge in [0.2, 0.25) is 5.91 Å². The van der Waals surface area contributed by atoms with Crippen molar-refractivity contribution in [3.05, 3.63) is 21.5 Å². The minimum absolute atomic E-state index is 0.153. The maximum atomic E-state index is 11.9. The Morgan fingerprint density at radius 1 is 1.60 bits per heavy atom. The number of hydrogen-bond donors (Lipinski definition) is 1. The largest absolute Gasteiger partial charge is 0.462 e. The van der Waals surface area contributed by atoms with Crippen LogP contribution in [0.3, 0.4) is 0 Å². The van der Waals surface area contributed by atoms with E-state index in [-0.39, 0.29) is 29.7 Å². The Bertz CT molecular complexity index is 566. The summed E-state index contributed by atoms with van der Waals surface area (Å²) in [6.07, 6.45) is 1.79. The molecule has 0 atom stereocenters. The summed E-state index contributed by atoms with van der Waals surface area (Å²) in [7, 11) is 0. The number of halogens is 1. The van der Waals surface area contributed by atoms with E-state index in [1.807, 2.05) is 0 Å². The van der Waals surface area contributed by atoms with Crippen molar-refractivity contribution in [1.82, 2.24) is 4.57 Å². The molecule has 0 bridgehead atoms. The number of esters is 1. The number of nitrogens with one attached hydrogen (secondary N) is 1. The van der Waals surface area contributed by atoms with Crippen LogP contribution < -0.4 is 5.32 Å². The van der Waals surface area contributed by atoms with Gasteiger partial charge in [-0.1, -0.05) is 17.4 Å². The molecule has 1 rings (SSSR count). The predicted octanol–water partition coefficient (Wildman–Crippen LogP) is 3.21. The Balaban J connectivity index is 3.19. The normalized spacial score (nSPS) is 10.1. The second-order valence-electron chi connectivity index (χ2n) is 3.65. The number of ether oxygens (including phenoxy) is 1. The molecule has 0 aromatic carbocycles. The third-order valence-corrected chi connectivity index (χ3v) is 3.87. The molecule has 0 fully saturated rings. The number of nitrogens with zero attached hydrogens (tertiary/aromatic N) is 1. The van der Waals surface area contributed by atoms with Gasteiger partial charge in [-0.15, -0.1) is 18.2 Å². The zero-order chi connectivity index (χ0) is 15.1. The van der Waals surface area contributed by atoms with Crippen molar-refractivity contribution in [2.45, 2.75) is 19.9 Å². The van der Waals surface area contributed by atoms with Gasteiger partial charge in [-0.05, 0) is 19.1 Å². The van der Waals surface area contributed by atoms with Gasteiger partial charge in [0.05, 0.1) is 6.61 Å². The number of alkyl halides is 1. The molecule has 0 saturated carbocycles. The smallest absolute Gasteiger partial charge is 0.352 e. The molecule has 1 aromatic rings. The number of aromatic nitrogens is 1. The number of anilines is 1. The summed E-state index contributed by atoms with van der Waals surface area (Å²) in [5.41, 5.74) is 0. The van der Waals surface area contributed by atoms with Crippen molar-refractivity contribution in [3.8, 4) is 0 Å². The van der Waals surface area contributed by atoms with E-state index in [0.29, 0.717) is 16.3 Å². The van der Waals surface area contributed by atoms with Crippen molar-refractivity contribution in [2.75, 3.05) is 17.8 Å². The second kappa shape index (κ2) is 8.18. The fourth-order valence-corrected chi connectivity index (χ4v) is 2.88. The van der Waals surface area contributed by atoms with Crippen LogP contribution in [0.2, 0.25) is 0 Å². The highest BCUT2D eigenvalue weighted by atomic mass is 35.5. The molecule has 8 heteroatoms. The first-order chi connectivity index (χ1) is 9.54. The van der Waals surface area contributed by atoms with Gasteiger partial charge in [0.1, 0.15) is 5.82 Å². The van der Waals surface area contributed by atoms with Crippen LogP contribution in [0.4, 0.5) is 5.82 Å². The molecule has 0 aliphatic rings. The Morgan fingerprint density at radius 2 is 2.30 bits per heavy atom. The molecule has 1 aromatic heterocycles. The van der Waals surface area contributed by atoms with Gasteiger partial charge in [0, 0.05) is 18.8 Å². The van der Waals surface area contributed by atoms with E-state index in [1.165, 1.54) is 0 Å². The molecule has 0 aliphatic carbocycles. The lowest BCUT2D eigenvalue weighted by Gasteiger charge is -2.09. The Labute approximate surface area is 131 Å². The average Bonchev–Trinajstić information content (AvgIpc) is 2.69. The topological polar surface area (TPSA) is 60.3 Å². The third kappa shape index (κ3) is 4.16. The fraction of sp³-hybridized carbons (Fsp3) is 0.417. The van der Waals surface area contributed by atoms with Crippen LogP contribution in [0.25, 0.3) is 0 Å².